The van der Waals surface area contributed by atoms with E-state index in [1.165, 1.54) is 6.92 Å². The predicted molar refractivity (Wildman–Crippen MR) is 63.6 cm³/mol. The Morgan fingerprint density at radius 1 is 1.60 bits per heavy atom. The van der Waals surface area contributed by atoms with E-state index in [0.717, 1.165) is 12.8 Å². The third-order valence-electron chi connectivity index (χ3n) is 2.60. The van der Waals surface area contributed by atoms with Gasteiger partial charge in [-0.15, -0.1) is 0 Å². The fourth-order valence-corrected chi connectivity index (χ4v) is 2.29. The van der Waals surface area contributed by atoms with Crippen molar-refractivity contribution in [2.75, 3.05) is 0 Å². The third kappa shape index (κ3) is 3.89. The molecule has 2 unspecified atom stereocenters. The molecular weight excluding hydrogens is 309 g/mol. The fraction of sp³-hybridized carbons (Fsp3) is 0.700. The molecule has 1 rings (SSSR count). The average molecular weight is 323 g/mol. The lowest BCUT2D eigenvalue weighted by Crippen LogP contribution is -2.39. The Balaban J connectivity index is 2.54. The molecular formula is C10H14INO3. The summed E-state index contributed by atoms with van der Waals surface area (Å²) in [7, 11) is 0. The molecule has 5 heteroatoms. The first-order valence-corrected chi connectivity index (χ1v) is 6.07. The molecule has 4 nitrogen and oxygen atoms in total. The summed E-state index contributed by atoms with van der Waals surface area (Å²) in [5.74, 6) is -0.0426. The summed E-state index contributed by atoms with van der Waals surface area (Å²) in [6.07, 6.45) is 2.83. The van der Waals surface area contributed by atoms with E-state index in [4.69, 9.17) is 0 Å². The molecule has 1 amide bonds. The van der Waals surface area contributed by atoms with Crippen molar-refractivity contribution in [3.63, 3.8) is 0 Å². The number of hydrogen-bond donors (Lipinski definition) is 1. The number of carbonyl (C=O) groups is 3. The fourth-order valence-electron chi connectivity index (χ4n) is 1.88. The molecule has 0 spiro atoms. The van der Waals surface area contributed by atoms with Gasteiger partial charge in [-0.25, -0.2) is 0 Å². The Kier molecular flexibility index (Phi) is 4.69. The van der Waals surface area contributed by atoms with Crippen LogP contribution in [0.2, 0.25) is 0 Å². The van der Waals surface area contributed by atoms with Crippen molar-refractivity contribution in [2.45, 2.75) is 38.6 Å². The molecule has 1 aliphatic carbocycles. The van der Waals surface area contributed by atoms with Crippen molar-refractivity contribution in [3.05, 3.63) is 0 Å². The Bertz CT molecular complexity index is 290. The highest BCUT2D eigenvalue weighted by molar-refractivity contribution is 14.1. The second kappa shape index (κ2) is 5.58. The minimum Gasteiger partial charge on any atom is -0.346 e. The van der Waals surface area contributed by atoms with Gasteiger partial charge in [0, 0.05) is 41.9 Å². The monoisotopic (exact) mass is 323 g/mol. The van der Waals surface area contributed by atoms with Gasteiger partial charge in [0.1, 0.15) is 5.78 Å². The standard InChI is InChI=1S/C10H14INO3/c1-6(13)12-8(10(11)15)5-7-3-2-4-9(7)14/h7-8H,2-5H2,1H3,(H,12,13). The Labute approximate surface area is 102 Å². The molecule has 0 heterocycles. The third-order valence-corrected chi connectivity index (χ3v) is 3.35. The molecule has 15 heavy (non-hydrogen) atoms. The van der Waals surface area contributed by atoms with Gasteiger partial charge in [-0.1, -0.05) is 0 Å². The van der Waals surface area contributed by atoms with Gasteiger partial charge in [0.2, 0.25) is 9.70 Å². The smallest absolute Gasteiger partial charge is 0.217 e. The van der Waals surface area contributed by atoms with Crippen molar-refractivity contribution in [1.29, 1.82) is 0 Å². The molecule has 0 aromatic heterocycles. The molecule has 1 fully saturated rings. The second-order valence-corrected chi connectivity index (χ2v) is 4.91. The van der Waals surface area contributed by atoms with Crippen LogP contribution < -0.4 is 5.32 Å². The summed E-state index contributed by atoms with van der Waals surface area (Å²) in [6.45, 7) is 1.38. The highest BCUT2D eigenvalue weighted by atomic mass is 127. The van der Waals surface area contributed by atoms with Crippen LogP contribution in [0.15, 0.2) is 0 Å². The molecule has 1 aliphatic rings. The highest BCUT2D eigenvalue weighted by Gasteiger charge is 2.29. The number of carbonyl (C=O) groups excluding carboxylic acids is 3. The predicted octanol–water partition coefficient (Wildman–Crippen LogP) is 1.21. The number of nitrogens with one attached hydrogen (secondary N) is 1. The summed E-state index contributed by atoms with van der Waals surface area (Å²) in [6, 6.07) is -0.504. The van der Waals surface area contributed by atoms with Crippen LogP contribution in [0.4, 0.5) is 0 Å². The van der Waals surface area contributed by atoms with E-state index in [-0.39, 0.29) is 21.4 Å². The number of rotatable bonds is 4. The van der Waals surface area contributed by atoms with E-state index in [1.807, 2.05) is 0 Å². The number of ketones is 1. The topological polar surface area (TPSA) is 63.2 Å². The maximum atomic E-state index is 11.4. The number of halogens is 1. The van der Waals surface area contributed by atoms with E-state index in [0.29, 0.717) is 12.8 Å². The summed E-state index contributed by atoms with van der Waals surface area (Å²) in [5.41, 5.74) is 0. The van der Waals surface area contributed by atoms with Crippen LogP contribution >= 0.6 is 22.6 Å². The van der Waals surface area contributed by atoms with Crippen LogP contribution in [0.1, 0.15) is 32.6 Å². The number of amides is 1. The summed E-state index contributed by atoms with van der Waals surface area (Å²) in [5, 5.41) is 2.58. The highest BCUT2D eigenvalue weighted by Crippen LogP contribution is 2.26. The second-order valence-electron chi connectivity index (χ2n) is 3.85. The molecule has 84 valence electrons. The first kappa shape index (κ1) is 12.6. The van der Waals surface area contributed by atoms with Crippen molar-refractivity contribution < 1.29 is 14.4 Å². The SMILES string of the molecule is CC(=O)NC(CC1CCCC1=O)C(=O)I. The van der Waals surface area contributed by atoms with E-state index in [9.17, 15) is 14.4 Å². The largest absolute Gasteiger partial charge is 0.346 e. The van der Waals surface area contributed by atoms with Crippen LogP contribution in [0, 0.1) is 5.92 Å². The molecule has 0 saturated heterocycles. The molecule has 0 aromatic rings. The van der Waals surface area contributed by atoms with Crippen LogP contribution in [-0.4, -0.2) is 21.5 Å². The normalized spacial score (nSPS) is 22.5. The van der Waals surface area contributed by atoms with Gasteiger partial charge in [0.05, 0.1) is 6.04 Å². The van der Waals surface area contributed by atoms with Crippen molar-refractivity contribution >= 4 is 38.1 Å². The Hall–Kier alpha value is -0.460. The minimum absolute atomic E-state index is 0.0411. The summed E-state index contributed by atoms with van der Waals surface area (Å²) in [4.78, 5) is 33.5. The average Bonchev–Trinajstić information content (AvgIpc) is 2.50. The maximum absolute atomic E-state index is 11.4. The molecule has 0 aliphatic heterocycles. The van der Waals surface area contributed by atoms with E-state index in [1.54, 1.807) is 22.6 Å². The van der Waals surface area contributed by atoms with Crippen molar-refractivity contribution in [2.24, 2.45) is 5.92 Å². The lowest BCUT2D eigenvalue weighted by Gasteiger charge is -2.16. The molecule has 1 saturated carbocycles. The summed E-state index contributed by atoms with van der Waals surface area (Å²) >= 11 is 1.67. The van der Waals surface area contributed by atoms with Gasteiger partial charge in [0.25, 0.3) is 0 Å². The van der Waals surface area contributed by atoms with Gasteiger partial charge >= 0.3 is 0 Å². The molecule has 2 atom stereocenters. The van der Waals surface area contributed by atoms with Crippen molar-refractivity contribution in [1.82, 2.24) is 5.32 Å². The Morgan fingerprint density at radius 3 is 2.67 bits per heavy atom. The van der Waals surface area contributed by atoms with Gasteiger partial charge in [-0.05, 0) is 19.3 Å². The first-order chi connectivity index (χ1) is 7.00. The van der Waals surface area contributed by atoms with Gasteiger partial charge in [-0.2, -0.15) is 0 Å². The summed E-state index contributed by atoms with van der Waals surface area (Å²) < 4.78 is -0.109. The lowest BCUT2D eigenvalue weighted by atomic mass is 9.98. The first-order valence-electron chi connectivity index (χ1n) is 5.00. The van der Waals surface area contributed by atoms with Crippen LogP contribution in [0.3, 0.4) is 0 Å². The number of Topliss-reactive ketones (excluding diaryl/α,β-unsaturated/α-hetero) is 1. The molecule has 1 N–H and O–H groups in total. The van der Waals surface area contributed by atoms with Crippen LogP contribution in [0.25, 0.3) is 0 Å². The van der Waals surface area contributed by atoms with Crippen molar-refractivity contribution in [3.8, 4) is 0 Å². The van der Waals surface area contributed by atoms with E-state index < -0.39 is 6.04 Å². The maximum Gasteiger partial charge on any atom is 0.217 e. The lowest BCUT2D eigenvalue weighted by molar-refractivity contribution is -0.124. The van der Waals surface area contributed by atoms with Gasteiger partial charge in [0.15, 0.2) is 0 Å². The van der Waals surface area contributed by atoms with Gasteiger partial charge < -0.3 is 5.32 Å². The zero-order valence-electron chi connectivity index (χ0n) is 8.59. The zero-order chi connectivity index (χ0) is 11.4. The Morgan fingerprint density at radius 2 is 2.27 bits per heavy atom. The van der Waals surface area contributed by atoms with Gasteiger partial charge in [-0.3, -0.25) is 14.4 Å². The molecule has 0 bridgehead atoms. The van der Waals surface area contributed by atoms with E-state index in [2.05, 4.69) is 5.32 Å². The zero-order valence-corrected chi connectivity index (χ0v) is 10.7. The van der Waals surface area contributed by atoms with Crippen LogP contribution in [-0.2, 0) is 14.4 Å². The molecule has 0 aromatic carbocycles. The minimum atomic E-state index is -0.504. The van der Waals surface area contributed by atoms with E-state index >= 15 is 0 Å². The number of hydrogen-bond acceptors (Lipinski definition) is 3. The molecule has 0 radical (unpaired) electrons. The quantitative estimate of drug-likeness (QED) is 0.625. The van der Waals surface area contributed by atoms with Crippen LogP contribution in [0.5, 0.6) is 0 Å².